The number of piperidine rings is 1. The lowest BCUT2D eigenvalue weighted by molar-refractivity contribution is 0.151. The highest BCUT2D eigenvalue weighted by molar-refractivity contribution is 5.80. The minimum atomic E-state index is 0.657. The lowest BCUT2D eigenvalue weighted by atomic mass is 9.68. The first-order chi connectivity index (χ1) is 9.81. The molecule has 1 aliphatic carbocycles. The van der Waals surface area contributed by atoms with Crippen molar-refractivity contribution in [3.63, 3.8) is 0 Å². The average molecular weight is 278 g/mol. The Balaban J connectivity index is 1.41. The molecule has 3 rings (SSSR count). The van der Waals surface area contributed by atoms with Gasteiger partial charge in [0.05, 0.1) is 0 Å². The molecule has 4 heteroatoms. The summed E-state index contributed by atoms with van der Waals surface area (Å²) in [7, 11) is 1.93. The zero-order valence-electron chi connectivity index (χ0n) is 13.0. The molecular weight excluding hydrogens is 248 g/mol. The summed E-state index contributed by atoms with van der Waals surface area (Å²) < 4.78 is 0. The molecule has 0 radical (unpaired) electrons. The van der Waals surface area contributed by atoms with Crippen molar-refractivity contribution in [1.29, 1.82) is 0 Å². The highest BCUT2D eigenvalue weighted by Gasteiger charge is 2.43. The van der Waals surface area contributed by atoms with Crippen LogP contribution in [0.2, 0.25) is 0 Å². The van der Waals surface area contributed by atoms with E-state index in [1.807, 2.05) is 7.05 Å². The van der Waals surface area contributed by atoms with Crippen molar-refractivity contribution in [2.45, 2.75) is 44.9 Å². The van der Waals surface area contributed by atoms with Crippen molar-refractivity contribution in [3.05, 3.63) is 0 Å². The fourth-order valence-electron chi connectivity index (χ4n) is 4.04. The van der Waals surface area contributed by atoms with Crippen LogP contribution in [-0.4, -0.2) is 62.1 Å². The molecule has 0 atom stereocenters. The predicted molar refractivity (Wildman–Crippen MR) is 84.1 cm³/mol. The van der Waals surface area contributed by atoms with Crippen molar-refractivity contribution >= 4 is 5.96 Å². The van der Waals surface area contributed by atoms with Gasteiger partial charge in [0.1, 0.15) is 0 Å². The molecule has 20 heavy (non-hydrogen) atoms. The maximum atomic E-state index is 4.49. The molecule has 0 unspecified atom stereocenters. The van der Waals surface area contributed by atoms with E-state index < -0.39 is 0 Å². The van der Waals surface area contributed by atoms with E-state index in [9.17, 15) is 0 Å². The number of nitrogens with zero attached hydrogens (tertiary/aromatic N) is 3. The van der Waals surface area contributed by atoms with Crippen LogP contribution in [0.25, 0.3) is 0 Å². The van der Waals surface area contributed by atoms with E-state index in [0.29, 0.717) is 5.41 Å². The molecule has 1 spiro atoms. The van der Waals surface area contributed by atoms with Gasteiger partial charge in [0, 0.05) is 33.2 Å². The summed E-state index contributed by atoms with van der Waals surface area (Å²) in [6.07, 6.45) is 9.87. The molecule has 1 N–H and O–H groups in total. The zero-order chi connectivity index (χ0) is 13.8. The summed E-state index contributed by atoms with van der Waals surface area (Å²) in [5, 5.41) is 3.58. The van der Waals surface area contributed by atoms with Crippen LogP contribution in [0, 0.1) is 5.41 Å². The second kappa shape index (κ2) is 6.33. The Labute approximate surface area is 123 Å². The Morgan fingerprint density at radius 2 is 1.85 bits per heavy atom. The van der Waals surface area contributed by atoms with Crippen molar-refractivity contribution in [3.8, 4) is 0 Å². The monoisotopic (exact) mass is 278 g/mol. The molecule has 3 fully saturated rings. The number of hydrogen-bond donors (Lipinski definition) is 1. The molecule has 0 amide bonds. The summed E-state index contributed by atoms with van der Waals surface area (Å²) >= 11 is 0. The lowest BCUT2D eigenvalue weighted by Crippen LogP contribution is -2.45. The SMILES string of the molecule is CN=C(NCCN1CCCCC1)N1CCC2(CCC2)C1. The summed E-state index contributed by atoms with van der Waals surface area (Å²) in [5.74, 6) is 1.13. The van der Waals surface area contributed by atoms with Crippen molar-refractivity contribution in [1.82, 2.24) is 15.1 Å². The molecular formula is C16H30N4. The van der Waals surface area contributed by atoms with Crippen LogP contribution >= 0.6 is 0 Å². The maximum Gasteiger partial charge on any atom is 0.193 e. The van der Waals surface area contributed by atoms with E-state index in [1.54, 1.807) is 0 Å². The second-order valence-electron chi connectivity index (χ2n) is 6.90. The van der Waals surface area contributed by atoms with Gasteiger partial charge in [-0.05, 0) is 50.6 Å². The van der Waals surface area contributed by atoms with Gasteiger partial charge in [0.2, 0.25) is 0 Å². The van der Waals surface area contributed by atoms with Gasteiger partial charge in [-0.15, -0.1) is 0 Å². The van der Waals surface area contributed by atoms with Crippen LogP contribution in [0.5, 0.6) is 0 Å². The van der Waals surface area contributed by atoms with Crippen LogP contribution in [0.1, 0.15) is 44.9 Å². The van der Waals surface area contributed by atoms with E-state index >= 15 is 0 Å². The van der Waals surface area contributed by atoms with E-state index in [-0.39, 0.29) is 0 Å². The van der Waals surface area contributed by atoms with Gasteiger partial charge in [-0.3, -0.25) is 4.99 Å². The largest absolute Gasteiger partial charge is 0.355 e. The van der Waals surface area contributed by atoms with Gasteiger partial charge < -0.3 is 15.1 Å². The van der Waals surface area contributed by atoms with E-state index in [4.69, 9.17) is 0 Å². The fourth-order valence-corrected chi connectivity index (χ4v) is 4.04. The van der Waals surface area contributed by atoms with Crippen LogP contribution in [-0.2, 0) is 0 Å². The third-order valence-corrected chi connectivity index (χ3v) is 5.52. The molecule has 3 aliphatic rings. The van der Waals surface area contributed by atoms with Gasteiger partial charge in [-0.2, -0.15) is 0 Å². The van der Waals surface area contributed by atoms with Crippen LogP contribution < -0.4 is 5.32 Å². The van der Waals surface area contributed by atoms with Gasteiger partial charge in [-0.1, -0.05) is 12.8 Å². The smallest absolute Gasteiger partial charge is 0.193 e. The third kappa shape index (κ3) is 3.11. The van der Waals surface area contributed by atoms with Crippen molar-refractivity contribution in [2.24, 2.45) is 10.4 Å². The average Bonchev–Trinajstić information content (AvgIpc) is 2.90. The van der Waals surface area contributed by atoms with Gasteiger partial charge in [0.15, 0.2) is 5.96 Å². The minimum Gasteiger partial charge on any atom is -0.355 e. The number of rotatable bonds is 3. The second-order valence-corrected chi connectivity index (χ2v) is 6.90. The van der Waals surface area contributed by atoms with Crippen LogP contribution in [0.15, 0.2) is 4.99 Å². The highest BCUT2D eigenvalue weighted by Crippen LogP contribution is 2.47. The maximum absolute atomic E-state index is 4.49. The molecule has 0 aromatic rings. The summed E-state index contributed by atoms with van der Waals surface area (Å²) in [4.78, 5) is 9.56. The van der Waals surface area contributed by atoms with E-state index in [0.717, 1.165) is 19.0 Å². The quantitative estimate of drug-likeness (QED) is 0.632. The molecule has 114 valence electrons. The first-order valence-electron chi connectivity index (χ1n) is 8.49. The van der Waals surface area contributed by atoms with Crippen LogP contribution in [0.4, 0.5) is 0 Å². The number of nitrogens with one attached hydrogen (secondary N) is 1. The summed E-state index contributed by atoms with van der Waals surface area (Å²) in [6, 6.07) is 0. The predicted octanol–water partition coefficient (Wildman–Crippen LogP) is 1.92. The first kappa shape index (κ1) is 14.2. The van der Waals surface area contributed by atoms with E-state index in [1.165, 1.54) is 71.1 Å². The zero-order valence-corrected chi connectivity index (χ0v) is 13.0. The number of hydrogen-bond acceptors (Lipinski definition) is 2. The normalized spacial score (nSPS) is 26.9. The van der Waals surface area contributed by atoms with Crippen LogP contribution in [0.3, 0.4) is 0 Å². The highest BCUT2D eigenvalue weighted by atomic mass is 15.3. The van der Waals surface area contributed by atoms with Crippen molar-refractivity contribution < 1.29 is 0 Å². The fraction of sp³-hybridized carbons (Fsp3) is 0.938. The molecule has 2 heterocycles. The Morgan fingerprint density at radius 1 is 1.05 bits per heavy atom. The Bertz CT molecular complexity index is 342. The summed E-state index contributed by atoms with van der Waals surface area (Å²) in [5.41, 5.74) is 0.657. The Kier molecular flexibility index (Phi) is 4.49. The molecule has 2 saturated heterocycles. The standard InChI is InChI=1S/C16H30N4/c1-17-15(18-9-13-19-10-3-2-4-11-19)20-12-8-16(14-20)6-5-7-16/h2-14H2,1H3,(H,17,18). The number of guanidine groups is 1. The van der Waals surface area contributed by atoms with E-state index in [2.05, 4.69) is 20.1 Å². The minimum absolute atomic E-state index is 0.657. The Morgan fingerprint density at radius 3 is 2.45 bits per heavy atom. The number of likely N-dealkylation sites (tertiary alicyclic amines) is 2. The summed E-state index contributed by atoms with van der Waals surface area (Å²) in [6.45, 7) is 7.20. The number of aliphatic imine (C=N–C) groups is 1. The van der Waals surface area contributed by atoms with Crippen molar-refractivity contribution in [2.75, 3.05) is 46.3 Å². The van der Waals surface area contributed by atoms with Gasteiger partial charge in [-0.25, -0.2) is 0 Å². The molecule has 0 bridgehead atoms. The molecule has 0 aromatic carbocycles. The Hall–Kier alpha value is -0.770. The molecule has 0 aromatic heterocycles. The third-order valence-electron chi connectivity index (χ3n) is 5.52. The molecule has 1 saturated carbocycles. The lowest BCUT2D eigenvalue weighted by Gasteiger charge is -2.38. The molecule has 2 aliphatic heterocycles. The molecule has 4 nitrogen and oxygen atoms in total. The van der Waals surface area contributed by atoms with Gasteiger partial charge in [0.25, 0.3) is 0 Å². The first-order valence-corrected chi connectivity index (χ1v) is 8.49. The van der Waals surface area contributed by atoms with Gasteiger partial charge >= 0.3 is 0 Å². The topological polar surface area (TPSA) is 30.9 Å².